The van der Waals surface area contributed by atoms with E-state index in [1.165, 1.54) is 43.3 Å². The molecule has 1 amide bonds. The molecule has 1 heterocycles. The highest BCUT2D eigenvalue weighted by atomic mass is 35.5. The predicted octanol–water partition coefficient (Wildman–Crippen LogP) is 5.39. The average Bonchev–Trinajstić information content (AvgIpc) is 3.18. The number of nitro groups is 1. The molecule has 0 fully saturated rings. The van der Waals surface area contributed by atoms with E-state index in [-0.39, 0.29) is 39.3 Å². The van der Waals surface area contributed by atoms with Gasteiger partial charge in [-0.2, -0.15) is 5.10 Å². The van der Waals surface area contributed by atoms with E-state index in [0.29, 0.717) is 21.2 Å². The summed E-state index contributed by atoms with van der Waals surface area (Å²) in [4.78, 5) is 35.3. The monoisotopic (exact) mass is 593 g/mol. The molecule has 15 heteroatoms. The van der Waals surface area contributed by atoms with Gasteiger partial charge in [0.15, 0.2) is 0 Å². The highest BCUT2D eigenvalue weighted by Crippen LogP contribution is 2.35. The van der Waals surface area contributed by atoms with Gasteiger partial charge in [0.2, 0.25) is 5.91 Å². The van der Waals surface area contributed by atoms with Crippen LogP contribution in [0.1, 0.15) is 41.6 Å². The lowest BCUT2D eigenvalue weighted by molar-refractivity contribution is -0.384. The molecule has 0 saturated carbocycles. The van der Waals surface area contributed by atoms with Crippen molar-refractivity contribution < 1.29 is 27.7 Å². The van der Waals surface area contributed by atoms with Gasteiger partial charge in [0.1, 0.15) is 10.7 Å². The lowest BCUT2D eigenvalue weighted by Crippen LogP contribution is -2.13. The summed E-state index contributed by atoms with van der Waals surface area (Å²) in [7, 11) is -4.14. The number of sulfonamides is 1. The van der Waals surface area contributed by atoms with E-state index < -0.39 is 26.6 Å². The Kier molecular flexibility index (Phi) is 9.27. The summed E-state index contributed by atoms with van der Waals surface area (Å²) in [5.41, 5.74) is 3.30. The van der Waals surface area contributed by atoms with Crippen LogP contribution >= 0.6 is 22.9 Å². The first-order valence-electron chi connectivity index (χ1n) is 11.3. The van der Waals surface area contributed by atoms with Crippen LogP contribution in [-0.2, 0) is 19.6 Å². The van der Waals surface area contributed by atoms with Gasteiger partial charge in [-0.1, -0.05) is 11.6 Å². The molecule has 0 aliphatic carbocycles. The molecular weight excluding hydrogens is 570 g/mol. The van der Waals surface area contributed by atoms with Crippen LogP contribution in [-0.4, -0.2) is 37.5 Å². The maximum absolute atomic E-state index is 12.8. The Labute approximate surface area is 233 Å². The van der Waals surface area contributed by atoms with Crippen molar-refractivity contribution in [1.29, 1.82) is 0 Å². The summed E-state index contributed by atoms with van der Waals surface area (Å²) in [5.74, 6) is -0.987. The lowest BCUT2D eigenvalue weighted by atomic mass is 10.1. The van der Waals surface area contributed by atoms with E-state index in [2.05, 4.69) is 20.6 Å². The summed E-state index contributed by atoms with van der Waals surface area (Å²) < 4.78 is 33.0. The first kappa shape index (κ1) is 29.5. The zero-order chi connectivity index (χ0) is 28.9. The number of thiophene rings is 1. The van der Waals surface area contributed by atoms with Crippen LogP contribution in [0.3, 0.4) is 0 Å². The Bertz CT molecular complexity index is 1570. The number of hydrogen-bond acceptors (Lipinski definition) is 10. The molecule has 0 unspecified atom stereocenters. The number of hydrazone groups is 1. The van der Waals surface area contributed by atoms with Gasteiger partial charge in [-0.25, -0.2) is 13.2 Å². The largest absolute Gasteiger partial charge is 0.462 e. The van der Waals surface area contributed by atoms with Crippen LogP contribution < -0.4 is 15.5 Å². The van der Waals surface area contributed by atoms with E-state index in [4.69, 9.17) is 16.3 Å². The second-order valence-electron chi connectivity index (χ2n) is 8.02. The zero-order valence-corrected chi connectivity index (χ0v) is 23.6. The van der Waals surface area contributed by atoms with Crippen LogP contribution in [0.4, 0.5) is 22.1 Å². The average molecular weight is 594 g/mol. The molecule has 2 aromatic carbocycles. The number of esters is 1. The van der Waals surface area contributed by atoms with Crippen molar-refractivity contribution in [3.05, 3.63) is 73.6 Å². The first-order chi connectivity index (χ1) is 18.3. The summed E-state index contributed by atoms with van der Waals surface area (Å²) in [6.07, 6.45) is 0. The summed E-state index contributed by atoms with van der Waals surface area (Å²) in [6.45, 7) is 6.38. The molecule has 3 aromatic rings. The molecule has 3 rings (SSSR count). The number of nitro benzene ring substituents is 1. The summed E-state index contributed by atoms with van der Waals surface area (Å²) in [5, 5.41) is 19.3. The van der Waals surface area contributed by atoms with Gasteiger partial charge in [0.05, 0.1) is 32.6 Å². The van der Waals surface area contributed by atoms with Gasteiger partial charge in [-0.05, 0) is 62.7 Å². The minimum atomic E-state index is -4.14. The topological polar surface area (TPSA) is 169 Å². The Morgan fingerprint density at radius 2 is 1.82 bits per heavy atom. The Morgan fingerprint density at radius 3 is 2.41 bits per heavy atom. The standard InChI is InChI=1S/C24H24ClN5O7S2/c1-5-37-24(32)21-13(2)22(38-23(21)26-15(4)31)14(3)27-28-19-11-10-18(12-20(19)30(33)34)39(35,36)29-17-8-6-16(25)7-9-17/h6-12,28-29H,5H2,1-4H3,(H,26,31). The fourth-order valence-electron chi connectivity index (χ4n) is 3.41. The fourth-order valence-corrected chi connectivity index (χ4v) is 5.80. The van der Waals surface area contributed by atoms with Crippen molar-refractivity contribution in [2.24, 2.45) is 5.10 Å². The highest BCUT2D eigenvalue weighted by molar-refractivity contribution is 7.92. The number of nitrogens with one attached hydrogen (secondary N) is 3. The number of rotatable bonds is 10. The van der Waals surface area contributed by atoms with Crippen LogP contribution in [0.25, 0.3) is 0 Å². The SMILES string of the molecule is CCOC(=O)c1c(NC(C)=O)sc(C(C)=NNc2ccc(S(=O)(=O)Nc3ccc(Cl)cc3)cc2[N+](=O)[O-])c1C. The normalized spacial score (nSPS) is 11.6. The highest BCUT2D eigenvalue weighted by Gasteiger charge is 2.25. The molecule has 0 spiro atoms. The second-order valence-corrected chi connectivity index (χ2v) is 11.2. The van der Waals surface area contributed by atoms with Crippen LogP contribution in [0.2, 0.25) is 5.02 Å². The first-order valence-corrected chi connectivity index (χ1v) is 14.0. The van der Waals surface area contributed by atoms with E-state index >= 15 is 0 Å². The number of carbonyl (C=O) groups excluding carboxylic acids is 2. The number of amides is 1. The minimum Gasteiger partial charge on any atom is -0.462 e. The van der Waals surface area contributed by atoms with Gasteiger partial charge in [-0.15, -0.1) is 11.3 Å². The molecule has 12 nitrogen and oxygen atoms in total. The van der Waals surface area contributed by atoms with Gasteiger partial charge in [0, 0.05) is 23.7 Å². The van der Waals surface area contributed by atoms with Gasteiger partial charge < -0.3 is 10.1 Å². The smallest absolute Gasteiger partial charge is 0.341 e. The molecular formula is C24H24ClN5O7S2. The van der Waals surface area contributed by atoms with E-state index in [1.807, 2.05) is 0 Å². The third-order valence-corrected chi connectivity index (χ3v) is 8.11. The number of halogens is 1. The van der Waals surface area contributed by atoms with E-state index in [9.17, 15) is 28.1 Å². The molecule has 3 N–H and O–H groups in total. The Hall–Kier alpha value is -4.01. The van der Waals surface area contributed by atoms with Gasteiger partial charge in [-0.3, -0.25) is 25.1 Å². The zero-order valence-electron chi connectivity index (χ0n) is 21.2. The van der Waals surface area contributed by atoms with Crippen molar-refractivity contribution in [3.63, 3.8) is 0 Å². The van der Waals surface area contributed by atoms with Crippen LogP contribution in [0.15, 0.2) is 52.5 Å². The molecule has 0 aliphatic rings. The Balaban J connectivity index is 1.93. The molecule has 0 atom stereocenters. The Morgan fingerprint density at radius 1 is 1.15 bits per heavy atom. The second kappa shape index (κ2) is 12.2. The molecule has 0 aliphatic heterocycles. The number of carbonyl (C=O) groups is 2. The van der Waals surface area contributed by atoms with Crippen LogP contribution in [0, 0.1) is 17.0 Å². The summed E-state index contributed by atoms with van der Waals surface area (Å²) >= 11 is 6.92. The quantitative estimate of drug-likeness (QED) is 0.122. The maximum atomic E-state index is 12.8. The minimum absolute atomic E-state index is 0.0632. The predicted molar refractivity (Wildman–Crippen MR) is 151 cm³/mol. The van der Waals surface area contributed by atoms with Crippen molar-refractivity contribution in [2.75, 3.05) is 22.1 Å². The number of ether oxygens (including phenoxy) is 1. The molecule has 39 heavy (non-hydrogen) atoms. The molecule has 0 saturated heterocycles. The lowest BCUT2D eigenvalue weighted by Gasteiger charge is -2.10. The number of anilines is 3. The number of hydrogen-bond donors (Lipinski definition) is 3. The third-order valence-electron chi connectivity index (χ3n) is 5.16. The van der Waals surface area contributed by atoms with Crippen LogP contribution in [0.5, 0.6) is 0 Å². The molecule has 0 radical (unpaired) electrons. The maximum Gasteiger partial charge on any atom is 0.341 e. The van der Waals surface area contributed by atoms with Gasteiger partial charge >= 0.3 is 5.97 Å². The summed E-state index contributed by atoms with van der Waals surface area (Å²) in [6, 6.07) is 9.24. The third kappa shape index (κ3) is 7.10. The number of benzene rings is 2. The van der Waals surface area contributed by atoms with Crippen molar-refractivity contribution in [1.82, 2.24) is 0 Å². The fraction of sp³-hybridized carbons (Fsp3) is 0.208. The molecule has 1 aromatic heterocycles. The van der Waals surface area contributed by atoms with E-state index in [0.717, 1.165) is 17.4 Å². The van der Waals surface area contributed by atoms with Crippen molar-refractivity contribution in [2.45, 2.75) is 32.6 Å². The van der Waals surface area contributed by atoms with Gasteiger partial charge in [0.25, 0.3) is 15.7 Å². The van der Waals surface area contributed by atoms with E-state index in [1.54, 1.807) is 20.8 Å². The molecule has 206 valence electrons. The molecule has 0 bridgehead atoms. The van der Waals surface area contributed by atoms with Crippen molar-refractivity contribution in [3.8, 4) is 0 Å². The van der Waals surface area contributed by atoms with Crippen molar-refractivity contribution >= 4 is 72.6 Å². The number of nitrogens with zero attached hydrogens (tertiary/aromatic N) is 2.